The van der Waals surface area contributed by atoms with Crippen LogP contribution in [0.4, 0.5) is 11.5 Å². The highest BCUT2D eigenvalue weighted by atomic mass is 16.5. The standard InChI is InChI=1S/C29H28N6O4/c1-2-3-9-22-26(36)23(19-33-28(37)20-10-11-24(32-18-20)34-13-16-38-17-14-34)25(29-31-12-15-39-29)35(27(22)30)21-7-5-4-6-8-21/h2-12,15,18,30H,13-14,16-17,19H2,1H3,(H,33,37)/b3-2-,22-9-,30-27?. The second kappa shape index (κ2) is 11.7. The first-order chi connectivity index (χ1) is 19.1. The third-order valence-corrected chi connectivity index (χ3v) is 6.38. The van der Waals surface area contributed by atoms with E-state index in [-0.39, 0.29) is 41.1 Å². The van der Waals surface area contributed by atoms with Crippen molar-refractivity contribution in [3.63, 3.8) is 0 Å². The lowest BCUT2D eigenvalue weighted by molar-refractivity contribution is -0.111. The van der Waals surface area contributed by atoms with Gasteiger partial charge in [-0.05, 0) is 37.3 Å². The molecule has 0 aliphatic carbocycles. The zero-order valence-electron chi connectivity index (χ0n) is 21.5. The van der Waals surface area contributed by atoms with Crippen LogP contribution in [0.5, 0.6) is 0 Å². The SMILES string of the molecule is C/C=C\C=C1/C(=N)N(c2ccccc2)C(c2ncco2)=C(CNC(=O)c2ccc(N3CCOCC3)nc2)C1=O. The molecular formula is C29H28N6O4. The van der Waals surface area contributed by atoms with Gasteiger partial charge in [-0.2, -0.15) is 0 Å². The number of para-hydroxylation sites is 1. The number of hydrogen-bond acceptors (Lipinski definition) is 8. The van der Waals surface area contributed by atoms with Crippen LogP contribution in [-0.4, -0.2) is 60.3 Å². The van der Waals surface area contributed by atoms with Crippen LogP contribution in [0.25, 0.3) is 5.70 Å². The molecule has 5 rings (SSSR count). The summed E-state index contributed by atoms with van der Waals surface area (Å²) in [7, 11) is 0. The number of carbonyl (C=O) groups excluding carboxylic acids is 2. The maximum atomic E-state index is 13.7. The highest BCUT2D eigenvalue weighted by Gasteiger charge is 2.37. The molecule has 198 valence electrons. The number of amides is 1. The Labute approximate surface area is 225 Å². The van der Waals surface area contributed by atoms with Gasteiger partial charge in [0.1, 0.15) is 23.6 Å². The Kier molecular flexibility index (Phi) is 7.74. The van der Waals surface area contributed by atoms with Crippen LogP contribution in [-0.2, 0) is 9.53 Å². The Bertz CT molecular complexity index is 1440. The van der Waals surface area contributed by atoms with Gasteiger partial charge in [0.15, 0.2) is 5.78 Å². The van der Waals surface area contributed by atoms with E-state index in [2.05, 4.69) is 20.2 Å². The summed E-state index contributed by atoms with van der Waals surface area (Å²) in [5.74, 6) is 0.161. The fourth-order valence-corrected chi connectivity index (χ4v) is 4.43. The number of aromatic nitrogens is 2. The number of anilines is 2. The molecular weight excluding hydrogens is 496 g/mol. The van der Waals surface area contributed by atoms with E-state index in [4.69, 9.17) is 14.6 Å². The minimum Gasteiger partial charge on any atom is -0.443 e. The first kappa shape index (κ1) is 25.8. The zero-order chi connectivity index (χ0) is 27.2. The van der Waals surface area contributed by atoms with Crippen LogP contribution < -0.4 is 15.1 Å². The van der Waals surface area contributed by atoms with Crippen molar-refractivity contribution in [1.29, 1.82) is 5.41 Å². The van der Waals surface area contributed by atoms with Crippen LogP contribution in [0.1, 0.15) is 23.2 Å². The molecule has 1 fully saturated rings. The Morgan fingerprint density at radius 1 is 1.13 bits per heavy atom. The molecule has 0 bridgehead atoms. The largest absolute Gasteiger partial charge is 0.443 e. The Hall–Kier alpha value is -4.83. The number of hydrogen-bond donors (Lipinski definition) is 2. The van der Waals surface area contributed by atoms with Crippen molar-refractivity contribution in [2.24, 2.45) is 0 Å². The molecule has 1 saturated heterocycles. The van der Waals surface area contributed by atoms with Gasteiger partial charge in [0.25, 0.3) is 5.91 Å². The number of morpholine rings is 1. The van der Waals surface area contributed by atoms with E-state index in [1.807, 2.05) is 37.3 Å². The number of nitrogens with zero attached hydrogens (tertiary/aromatic N) is 4. The summed E-state index contributed by atoms with van der Waals surface area (Å²) in [5, 5.41) is 11.8. The molecule has 3 aromatic rings. The van der Waals surface area contributed by atoms with E-state index < -0.39 is 0 Å². The number of amidine groups is 1. The van der Waals surface area contributed by atoms with Crippen molar-refractivity contribution >= 4 is 34.7 Å². The molecule has 4 heterocycles. The van der Waals surface area contributed by atoms with E-state index in [0.29, 0.717) is 30.2 Å². The summed E-state index contributed by atoms with van der Waals surface area (Å²) in [5.41, 5.74) is 1.76. The van der Waals surface area contributed by atoms with Gasteiger partial charge in [-0.15, -0.1) is 0 Å². The molecule has 10 nitrogen and oxygen atoms in total. The predicted octanol–water partition coefficient (Wildman–Crippen LogP) is 3.62. The molecule has 0 unspecified atom stereocenters. The number of pyridine rings is 1. The van der Waals surface area contributed by atoms with Crippen LogP contribution in [0.2, 0.25) is 0 Å². The number of rotatable bonds is 7. The van der Waals surface area contributed by atoms with Gasteiger partial charge < -0.3 is 19.4 Å². The van der Waals surface area contributed by atoms with Crippen molar-refractivity contribution in [3.8, 4) is 0 Å². The van der Waals surface area contributed by atoms with Gasteiger partial charge in [-0.25, -0.2) is 9.97 Å². The average Bonchev–Trinajstić information content (AvgIpc) is 3.52. The third-order valence-electron chi connectivity index (χ3n) is 6.38. The lowest BCUT2D eigenvalue weighted by Crippen LogP contribution is -2.42. The number of carbonyl (C=O) groups is 2. The molecule has 0 saturated carbocycles. The molecule has 10 heteroatoms. The fourth-order valence-electron chi connectivity index (χ4n) is 4.43. The lowest BCUT2D eigenvalue weighted by Gasteiger charge is -2.33. The normalized spacial score (nSPS) is 17.4. The van der Waals surface area contributed by atoms with Crippen molar-refractivity contribution in [2.45, 2.75) is 6.92 Å². The van der Waals surface area contributed by atoms with Gasteiger partial charge in [-0.3, -0.25) is 19.9 Å². The maximum absolute atomic E-state index is 13.7. The van der Waals surface area contributed by atoms with Gasteiger partial charge in [0.2, 0.25) is 5.89 Å². The molecule has 1 aromatic carbocycles. The number of benzene rings is 1. The smallest absolute Gasteiger partial charge is 0.253 e. The van der Waals surface area contributed by atoms with E-state index in [0.717, 1.165) is 18.9 Å². The van der Waals surface area contributed by atoms with Crippen molar-refractivity contribution in [1.82, 2.24) is 15.3 Å². The van der Waals surface area contributed by atoms with Crippen molar-refractivity contribution in [3.05, 3.63) is 102 Å². The summed E-state index contributed by atoms with van der Waals surface area (Å²) in [4.78, 5) is 39.3. The molecule has 2 aromatic heterocycles. The number of Topliss-reactive ketones (excluding diaryl/α,β-unsaturated/α-hetero) is 1. The number of ketones is 1. The summed E-state index contributed by atoms with van der Waals surface area (Å²) in [6.45, 7) is 4.49. The molecule has 2 aliphatic heterocycles. The van der Waals surface area contributed by atoms with E-state index in [1.54, 1.807) is 35.3 Å². The lowest BCUT2D eigenvalue weighted by atomic mass is 9.93. The van der Waals surface area contributed by atoms with E-state index in [1.165, 1.54) is 18.7 Å². The second-order valence-corrected chi connectivity index (χ2v) is 8.81. The van der Waals surface area contributed by atoms with Gasteiger partial charge in [-0.1, -0.05) is 30.4 Å². The monoisotopic (exact) mass is 524 g/mol. The Morgan fingerprint density at radius 3 is 2.59 bits per heavy atom. The summed E-state index contributed by atoms with van der Waals surface area (Å²) in [6.07, 6.45) is 9.49. The number of oxazole rings is 1. The van der Waals surface area contributed by atoms with Gasteiger partial charge in [0, 0.05) is 37.1 Å². The van der Waals surface area contributed by atoms with Crippen LogP contribution in [0.15, 0.2) is 94.9 Å². The highest BCUT2D eigenvalue weighted by Crippen LogP contribution is 2.35. The molecule has 0 spiro atoms. The molecule has 2 aliphatic rings. The first-order valence-electron chi connectivity index (χ1n) is 12.6. The highest BCUT2D eigenvalue weighted by molar-refractivity contribution is 6.38. The topological polar surface area (TPSA) is 125 Å². The summed E-state index contributed by atoms with van der Waals surface area (Å²) in [6, 6.07) is 12.7. The van der Waals surface area contributed by atoms with Crippen molar-refractivity contribution in [2.75, 3.05) is 42.6 Å². The van der Waals surface area contributed by atoms with Crippen molar-refractivity contribution < 1.29 is 18.7 Å². The number of allylic oxidation sites excluding steroid dienone is 3. The summed E-state index contributed by atoms with van der Waals surface area (Å²) < 4.78 is 11.0. The van der Waals surface area contributed by atoms with Gasteiger partial charge >= 0.3 is 0 Å². The predicted molar refractivity (Wildman–Crippen MR) is 148 cm³/mol. The Balaban J connectivity index is 1.48. The second-order valence-electron chi connectivity index (χ2n) is 8.81. The zero-order valence-corrected chi connectivity index (χ0v) is 21.5. The summed E-state index contributed by atoms with van der Waals surface area (Å²) >= 11 is 0. The van der Waals surface area contributed by atoms with E-state index >= 15 is 0 Å². The third kappa shape index (κ3) is 5.41. The van der Waals surface area contributed by atoms with Crippen LogP contribution in [0, 0.1) is 5.41 Å². The molecule has 0 radical (unpaired) electrons. The van der Waals surface area contributed by atoms with Gasteiger partial charge in [0.05, 0.1) is 30.5 Å². The maximum Gasteiger partial charge on any atom is 0.253 e. The quantitative estimate of drug-likeness (QED) is 0.449. The molecule has 1 amide bonds. The minimum atomic E-state index is -0.389. The molecule has 0 atom stereocenters. The Morgan fingerprint density at radius 2 is 1.92 bits per heavy atom. The minimum absolute atomic E-state index is 0.0181. The fraction of sp³-hybridized carbons (Fsp3) is 0.207. The average molecular weight is 525 g/mol. The van der Waals surface area contributed by atoms with E-state index in [9.17, 15) is 9.59 Å². The van der Waals surface area contributed by atoms with Crippen LogP contribution in [0.3, 0.4) is 0 Å². The number of ether oxygens (including phenoxy) is 1. The first-order valence-corrected chi connectivity index (χ1v) is 12.6. The van der Waals surface area contributed by atoms with Crippen LogP contribution >= 0.6 is 0 Å². The molecule has 39 heavy (non-hydrogen) atoms. The molecule has 2 N–H and O–H groups in total. The number of nitrogens with one attached hydrogen (secondary N) is 2.